The minimum atomic E-state index is -4.76. The number of fused-ring (bicyclic) bond motifs is 1. The Morgan fingerprint density at radius 1 is 1.03 bits per heavy atom. The molecular weight excluding hydrogens is 405 g/mol. The minimum absolute atomic E-state index is 0.0300. The number of sulfonamides is 1. The number of aromatic nitrogens is 1. The highest BCUT2D eigenvalue weighted by molar-refractivity contribution is 7.89. The maximum atomic E-state index is 13.3. The summed E-state index contributed by atoms with van der Waals surface area (Å²) in [5, 5.41) is 0.881. The summed E-state index contributed by atoms with van der Waals surface area (Å²) >= 11 is 0. The van der Waals surface area contributed by atoms with Crippen molar-refractivity contribution >= 4 is 20.9 Å². The van der Waals surface area contributed by atoms with Crippen LogP contribution in [0, 0.1) is 0 Å². The molecular formula is C20H17F3N2O3S. The summed E-state index contributed by atoms with van der Waals surface area (Å²) < 4.78 is 72.5. The quantitative estimate of drug-likeness (QED) is 0.635. The largest absolute Gasteiger partial charge is 0.487 e. The summed E-state index contributed by atoms with van der Waals surface area (Å²) in [7, 11) is -4.30. The highest BCUT2D eigenvalue weighted by atomic mass is 32.2. The molecule has 0 radical (unpaired) electrons. The van der Waals surface area contributed by atoms with Crippen LogP contribution in [0.5, 0.6) is 5.75 Å². The van der Waals surface area contributed by atoms with Crippen molar-refractivity contribution in [1.82, 2.24) is 9.29 Å². The van der Waals surface area contributed by atoms with Crippen LogP contribution >= 0.6 is 0 Å². The molecule has 0 aliphatic carbocycles. The zero-order valence-corrected chi connectivity index (χ0v) is 15.9. The summed E-state index contributed by atoms with van der Waals surface area (Å²) in [6.07, 6.45) is -3.23. The molecule has 1 saturated heterocycles. The third kappa shape index (κ3) is 3.79. The molecule has 1 fully saturated rings. The van der Waals surface area contributed by atoms with Crippen molar-refractivity contribution in [3.05, 3.63) is 66.4 Å². The average molecular weight is 422 g/mol. The predicted octanol–water partition coefficient (Wildman–Crippen LogP) is 4.10. The summed E-state index contributed by atoms with van der Waals surface area (Å²) in [6.45, 7) is 0.0507. The van der Waals surface area contributed by atoms with Gasteiger partial charge in [-0.3, -0.25) is 4.98 Å². The van der Waals surface area contributed by atoms with Crippen molar-refractivity contribution in [2.75, 3.05) is 13.1 Å². The Labute approximate surface area is 165 Å². The standard InChI is InChI=1S/C20H17F3N2O3S/c21-20(22,23)16-7-1-2-9-18(16)29(26,27)25-12-10-15(13-25)28-17-8-3-5-14-6-4-11-24-19(14)17/h1-9,11,15H,10,12-13H2. The van der Waals surface area contributed by atoms with E-state index >= 15 is 0 Å². The van der Waals surface area contributed by atoms with Crippen molar-refractivity contribution < 1.29 is 26.3 Å². The highest BCUT2D eigenvalue weighted by Crippen LogP contribution is 2.36. The molecule has 0 bridgehead atoms. The van der Waals surface area contributed by atoms with Crippen LogP contribution in [-0.2, 0) is 16.2 Å². The number of halogens is 3. The first-order valence-electron chi connectivity index (χ1n) is 8.93. The number of rotatable bonds is 4. The van der Waals surface area contributed by atoms with Crippen LogP contribution in [0.1, 0.15) is 12.0 Å². The third-order valence-electron chi connectivity index (χ3n) is 4.81. The lowest BCUT2D eigenvalue weighted by atomic mass is 10.2. The van der Waals surface area contributed by atoms with Crippen molar-refractivity contribution in [3.63, 3.8) is 0 Å². The lowest BCUT2D eigenvalue weighted by Crippen LogP contribution is -2.32. The fraction of sp³-hybridized carbons (Fsp3) is 0.250. The van der Waals surface area contributed by atoms with Crippen LogP contribution in [0.25, 0.3) is 10.9 Å². The van der Waals surface area contributed by atoms with Gasteiger partial charge in [-0.15, -0.1) is 0 Å². The van der Waals surface area contributed by atoms with Gasteiger partial charge in [0.15, 0.2) is 0 Å². The molecule has 1 aliphatic heterocycles. The Morgan fingerprint density at radius 2 is 1.79 bits per heavy atom. The molecule has 1 aliphatic rings. The number of pyridine rings is 1. The van der Waals surface area contributed by atoms with Gasteiger partial charge in [0.05, 0.1) is 17.0 Å². The summed E-state index contributed by atoms with van der Waals surface area (Å²) in [6, 6.07) is 13.3. The maximum absolute atomic E-state index is 13.3. The zero-order valence-electron chi connectivity index (χ0n) is 15.1. The molecule has 1 atom stereocenters. The molecule has 0 amide bonds. The van der Waals surface area contributed by atoms with Crippen LogP contribution in [0.4, 0.5) is 13.2 Å². The molecule has 2 heterocycles. The molecule has 0 N–H and O–H groups in total. The topological polar surface area (TPSA) is 59.5 Å². The van der Waals surface area contributed by atoms with Crippen molar-refractivity contribution in [3.8, 4) is 5.75 Å². The molecule has 3 aromatic rings. The first-order chi connectivity index (χ1) is 13.8. The summed E-state index contributed by atoms with van der Waals surface area (Å²) in [5.41, 5.74) is -0.513. The van der Waals surface area contributed by atoms with Gasteiger partial charge in [0.1, 0.15) is 17.4 Å². The fourth-order valence-corrected chi connectivity index (χ4v) is 5.13. The molecule has 2 aromatic carbocycles. The number of hydrogen-bond acceptors (Lipinski definition) is 4. The van der Waals surface area contributed by atoms with Gasteiger partial charge in [-0.1, -0.05) is 30.3 Å². The maximum Gasteiger partial charge on any atom is 0.417 e. The second-order valence-electron chi connectivity index (χ2n) is 6.72. The number of para-hydroxylation sites is 1. The van der Waals surface area contributed by atoms with Crippen molar-refractivity contribution in [1.29, 1.82) is 0 Å². The van der Waals surface area contributed by atoms with E-state index in [0.717, 1.165) is 21.8 Å². The third-order valence-corrected chi connectivity index (χ3v) is 6.73. The van der Waals surface area contributed by atoms with Gasteiger partial charge in [0.2, 0.25) is 10.0 Å². The van der Waals surface area contributed by atoms with E-state index in [4.69, 9.17) is 4.74 Å². The van der Waals surface area contributed by atoms with Crippen LogP contribution in [-0.4, -0.2) is 36.9 Å². The van der Waals surface area contributed by atoms with E-state index in [9.17, 15) is 21.6 Å². The molecule has 29 heavy (non-hydrogen) atoms. The van der Waals surface area contributed by atoms with E-state index in [1.165, 1.54) is 12.1 Å². The predicted molar refractivity (Wildman–Crippen MR) is 101 cm³/mol. The van der Waals surface area contributed by atoms with Gasteiger partial charge < -0.3 is 4.74 Å². The monoisotopic (exact) mass is 422 g/mol. The molecule has 5 nitrogen and oxygen atoms in total. The number of benzene rings is 2. The van der Waals surface area contributed by atoms with Crippen molar-refractivity contribution in [2.45, 2.75) is 23.6 Å². The van der Waals surface area contributed by atoms with Gasteiger partial charge in [0, 0.05) is 18.1 Å². The Morgan fingerprint density at radius 3 is 2.59 bits per heavy atom. The van der Waals surface area contributed by atoms with Gasteiger partial charge in [0.25, 0.3) is 0 Å². The Hall–Kier alpha value is -2.65. The van der Waals surface area contributed by atoms with E-state index in [1.54, 1.807) is 18.3 Å². The van der Waals surface area contributed by atoms with Crippen molar-refractivity contribution in [2.24, 2.45) is 0 Å². The van der Waals surface area contributed by atoms with Crippen LogP contribution in [0.3, 0.4) is 0 Å². The average Bonchev–Trinajstić information content (AvgIpc) is 3.17. The molecule has 4 rings (SSSR count). The SMILES string of the molecule is O=S(=O)(c1ccccc1C(F)(F)F)N1CCC(Oc2cccc3cccnc23)C1. The lowest BCUT2D eigenvalue weighted by molar-refractivity contribution is -0.139. The zero-order chi connectivity index (χ0) is 20.6. The normalized spacial score (nSPS) is 18.2. The first-order valence-corrected chi connectivity index (χ1v) is 10.4. The number of ether oxygens (including phenoxy) is 1. The molecule has 1 aromatic heterocycles. The summed E-state index contributed by atoms with van der Waals surface area (Å²) in [5.74, 6) is 0.517. The van der Waals surface area contributed by atoms with E-state index in [2.05, 4.69) is 4.98 Å². The second-order valence-corrected chi connectivity index (χ2v) is 8.62. The lowest BCUT2D eigenvalue weighted by Gasteiger charge is -2.20. The van der Waals surface area contributed by atoms with Gasteiger partial charge >= 0.3 is 6.18 Å². The molecule has 152 valence electrons. The van der Waals surface area contributed by atoms with E-state index in [1.807, 2.05) is 18.2 Å². The Kier molecular flexibility index (Phi) is 4.95. The van der Waals surface area contributed by atoms with E-state index in [0.29, 0.717) is 17.7 Å². The molecule has 9 heteroatoms. The smallest absolute Gasteiger partial charge is 0.417 e. The fourth-order valence-electron chi connectivity index (χ4n) is 3.43. The molecule has 0 spiro atoms. The van der Waals surface area contributed by atoms with E-state index in [-0.39, 0.29) is 13.1 Å². The van der Waals surface area contributed by atoms with Crippen LogP contribution in [0.15, 0.2) is 65.7 Å². The van der Waals surface area contributed by atoms with E-state index < -0.39 is 32.8 Å². The number of hydrogen-bond donors (Lipinski definition) is 0. The Balaban J connectivity index is 1.57. The first kappa shape index (κ1) is 19.7. The summed E-state index contributed by atoms with van der Waals surface area (Å²) in [4.78, 5) is 3.56. The second kappa shape index (κ2) is 7.31. The highest BCUT2D eigenvalue weighted by Gasteiger charge is 2.41. The molecule has 0 saturated carbocycles. The van der Waals surface area contributed by atoms with Crippen LogP contribution < -0.4 is 4.74 Å². The number of nitrogens with zero attached hydrogens (tertiary/aromatic N) is 2. The van der Waals surface area contributed by atoms with Gasteiger partial charge in [-0.05, 0) is 30.7 Å². The minimum Gasteiger partial charge on any atom is -0.487 e. The molecule has 1 unspecified atom stereocenters. The van der Waals surface area contributed by atoms with Gasteiger partial charge in [-0.2, -0.15) is 17.5 Å². The van der Waals surface area contributed by atoms with Crippen LogP contribution in [0.2, 0.25) is 0 Å². The number of alkyl halides is 3. The Bertz CT molecular complexity index is 1140. The van der Waals surface area contributed by atoms with Gasteiger partial charge in [-0.25, -0.2) is 8.42 Å².